The fourth-order valence-electron chi connectivity index (χ4n) is 3.09. The van der Waals surface area contributed by atoms with Gasteiger partial charge in [0.1, 0.15) is 5.82 Å². The molecule has 24 heavy (non-hydrogen) atoms. The van der Waals surface area contributed by atoms with E-state index in [1.165, 1.54) is 18.2 Å². The molecule has 0 aromatic heterocycles. The zero-order valence-electron chi connectivity index (χ0n) is 13.6. The van der Waals surface area contributed by atoms with Crippen molar-refractivity contribution < 1.29 is 12.8 Å². The van der Waals surface area contributed by atoms with Gasteiger partial charge in [-0.1, -0.05) is 18.2 Å². The van der Waals surface area contributed by atoms with E-state index in [4.69, 9.17) is 0 Å². The first-order valence-corrected chi connectivity index (χ1v) is 9.52. The van der Waals surface area contributed by atoms with Crippen LogP contribution in [0, 0.1) is 12.7 Å². The van der Waals surface area contributed by atoms with Gasteiger partial charge in [0.2, 0.25) is 10.0 Å². The summed E-state index contributed by atoms with van der Waals surface area (Å²) >= 11 is 0. The van der Waals surface area contributed by atoms with Gasteiger partial charge in [-0.3, -0.25) is 0 Å². The number of benzene rings is 2. The predicted molar refractivity (Wildman–Crippen MR) is 93.1 cm³/mol. The van der Waals surface area contributed by atoms with Crippen molar-refractivity contribution in [2.24, 2.45) is 0 Å². The Labute approximate surface area is 142 Å². The van der Waals surface area contributed by atoms with Gasteiger partial charge in [-0.05, 0) is 55.7 Å². The average molecular weight is 348 g/mol. The first kappa shape index (κ1) is 16.9. The number of halogens is 1. The smallest absolute Gasteiger partial charge is 0.241 e. The van der Waals surface area contributed by atoms with Crippen molar-refractivity contribution in [2.75, 3.05) is 18.0 Å². The number of aryl methyl sites for hydroxylation is 1. The van der Waals surface area contributed by atoms with Crippen LogP contribution in [0.3, 0.4) is 0 Å². The second-order valence-corrected chi connectivity index (χ2v) is 7.81. The molecule has 1 saturated heterocycles. The van der Waals surface area contributed by atoms with Crippen molar-refractivity contribution in [3.8, 4) is 0 Å². The van der Waals surface area contributed by atoms with Crippen molar-refractivity contribution >= 4 is 15.7 Å². The molecule has 0 unspecified atom stereocenters. The highest BCUT2D eigenvalue weighted by molar-refractivity contribution is 7.89. The van der Waals surface area contributed by atoms with E-state index in [0.29, 0.717) is 5.56 Å². The van der Waals surface area contributed by atoms with Crippen LogP contribution in [-0.2, 0) is 10.0 Å². The number of hydrogen-bond acceptors (Lipinski definition) is 3. The molecule has 1 aliphatic heterocycles. The maximum absolute atomic E-state index is 13.2. The summed E-state index contributed by atoms with van der Waals surface area (Å²) in [5.41, 5.74) is 1.58. The van der Waals surface area contributed by atoms with Crippen LogP contribution in [0.25, 0.3) is 0 Å². The lowest BCUT2D eigenvalue weighted by Crippen LogP contribution is -2.44. The van der Waals surface area contributed by atoms with Gasteiger partial charge in [-0.25, -0.2) is 17.5 Å². The van der Waals surface area contributed by atoms with E-state index >= 15 is 0 Å². The summed E-state index contributed by atoms with van der Waals surface area (Å²) in [5, 5.41) is 0. The zero-order valence-corrected chi connectivity index (χ0v) is 14.4. The maximum Gasteiger partial charge on any atom is 0.241 e. The van der Waals surface area contributed by atoms with Crippen molar-refractivity contribution in [3.05, 3.63) is 59.9 Å². The van der Waals surface area contributed by atoms with Crippen molar-refractivity contribution in [1.29, 1.82) is 0 Å². The summed E-state index contributed by atoms with van der Waals surface area (Å²) < 4.78 is 41.0. The third-order valence-electron chi connectivity index (χ3n) is 4.36. The SMILES string of the molecule is Cc1cc(F)ccc1S(=O)(=O)NC1CCN(c2ccccc2)CC1. The largest absolute Gasteiger partial charge is 0.371 e. The number of nitrogens with one attached hydrogen (secondary N) is 1. The molecule has 0 amide bonds. The molecule has 0 aliphatic carbocycles. The predicted octanol–water partition coefficient (Wildman–Crippen LogP) is 3.08. The summed E-state index contributed by atoms with van der Waals surface area (Å²) in [7, 11) is -3.62. The molecule has 128 valence electrons. The van der Waals surface area contributed by atoms with Gasteiger partial charge < -0.3 is 4.90 Å². The number of anilines is 1. The highest BCUT2D eigenvalue weighted by atomic mass is 32.2. The molecular weight excluding hydrogens is 327 g/mol. The molecule has 0 saturated carbocycles. The summed E-state index contributed by atoms with van der Waals surface area (Å²) in [5.74, 6) is -0.428. The standard InChI is InChI=1S/C18H21FN2O2S/c1-14-13-15(19)7-8-18(14)24(22,23)20-16-9-11-21(12-10-16)17-5-3-2-4-6-17/h2-8,13,16,20H,9-12H2,1H3. The molecule has 6 heteroatoms. The molecule has 0 spiro atoms. The number of para-hydroxylation sites is 1. The zero-order chi connectivity index (χ0) is 17.2. The van der Waals surface area contributed by atoms with Gasteiger partial charge >= 0.3 is 0 Å². The molecule has 2 aromatic rings. The van der Waals surface area contributed by atoms with Crippen LogP contribution in [0.1, 0.15) is 18.4 Å². The summed E-state index contributed by atoms with van der Waals surface area (Å²) in [6, 6.07) is 13.8. The minimum atomic E-state index is -3.62. The summed E-state index contributed by atoms with van der Waals surface area (Å²) in [4.78, 5) is 2.41. The fraction of sp³-hybridized carbons (Fsp3) is 0.333. The van der Waals surface area contributed by atoms with Crippen molar-refractivity contribution in [2.45, 2.75) is 30.7 Å². The molecular formula is C18H21FN2O2S. The van der Waals surface area contributed by atoms with Crippen LogP contribution in [0.5, 0.6) is 0 Å². The van der Waals surface area contributed by atoms with E-state index in [-0.39, 0.29) is 10.9 Å². The quantitative estimate of drug-likeness (QED) is 0.924. The Hall–Kier alpha value is -1.92. The fourth-order valence-corrected chi connectivity index (χ4v) is 4.62. The third kappa shape index (κ3) is 3.76. The van der Waals surface area contributed by atoms with E-state index in [0.717, 1.165) is 31.6 Å². The van der Waals surface area contributed by atoms with Crippen molar-refractivity contribution in [1.82, 2.24) is 4.72 Å². The normalized spacial score (nSPS) is 16.3. The molecule has 1 heterocycles. The number of sulfonamides is 1. The van der Waals surface area contributed by atoms with Crippen LogP contribution < -0.4 is 9.62 Å². The first-order chi connectivity index (χ1) is 11.5. The summed E-state index contributed by atoms with van der Waals surface area (Å²) in [6.45, 7) is 3.22. The van der Waals surface area contributed by atoms with Crippen LogP contribution in [-0.4, -0.2) is 27.5 Å². The number of rotatable bonds is 4. The van der Waals surface area contributed by atoms with Gasteiger partial charge in [0.15, 0.2) is 0 Å². The average Bonchev–Trinajstić information content (AvgIpc) is 2.55. The lowest BCUT2D eigenvalue weighted by Gasteiger charge is -2.33. The van der Waals surface area contributed by atoms with Gasteiger partial charge in [-0.15, -0.1) is 0 Å². The van der Waals surface area contributed by atoms with E-state index in [1.807, 2.05) is 18.2 Å². The second-order valence-electron chi connectivity index (χ2n) is 6.13. The molecule has 0 atom stereocenters. The number of piperidine rings is 1. The van der Waals surface area contributed by atoms with E-state index < -0.39 is 15.8 Å². The Morgan fingerprint density at radius 2 is 1.75 bits per heavy atom. The molecule has 3 rings (SSSR count). The topological polar surface area (TPSA) is 49.4 Å². The lowest BCUT2D eigenvalue weighted by atomic mass is 10.1. The van der Waals surface area contributed by atoms with Crippen molar-refractivity contribution in [3.63, 3.8) is 0 Å². The molecule has 0 bridgehead atoms. The molecule has 1 fully saturated rings. The minimum Gasteiger partial charge on any atom is -0.371 e. The van der Waals surface area contributed by atoms with Gasteiger partial charge in [0, 0.05) is 24.8 Å². The molecule has 0 radical (unpaired) electrons. The Bertz CT molecular complexity index is 801. The van der Waals surface area contributed by atoms with Gasteiger partial charge in [0.05, 0.1) is 4.90 Å². The van der Waals surface area contributed by atoms with Crippen LogP contribution in [0.15, 0.2) is 53.4 Å². The van der Waals surface area contributed by atoms with Crippen LogP contribution in [0.4, 0.5) is 10.1 Å². The van der Waals surface area contributed by atoms with E-state index in [9.17, 15) is 12.8 Å². The monoisotopic (exact) mass is 348 g/mol. The van der Waals surface area contributed by atoms with E-state index in [2.05, 4.69) is 21.8 Å². The highest BCUT2D eigenvalue weighted by Crippen LogP contribution is 2.22. The molecule has 2 aromatic carbocycles. The molecule has 1 aliphatic rings. The minimum absolute atomic E-state index is 0.0978. The Morgan fingerprint density at radius 1 is 1.08 bits per heavy atom. The molecule has 4 nitrogen and oxygen atoms in total. The lowest BCUT2D eigenvalue weighted by molar-refractivity contribution is 0.460. The highest BCUT2D eigenvalue weighted by Gasteiger charge is 2.25. The van der Waals surface area contributed by atoms with E-state index in [1.54, 1.807) is 6.92 Å². The van der Waals surface area contributed by atoms with Gasteiger partial charge in [-0.2, -0.15) is 0 Å². The number of hydrogen-bond donors (Lipinski definition) is 1. The Kier molecular flexibility index (Phi) is 4.87. The van der Waals surface area contributed by atoms with Crippen LogP contribution in [0.2, 0.25) is 0 Å². The number of nitrogens with zero attached hydrogens (tertiary/aromatic N) is 1. The first-order valence-electron chi connectivity index (χ1n) is 8.04. The Balaban J connectivity index is 1.65. The summed E-state index contributed by atoms with van der Waals surface area (Å²) in [6.07, 6.45) is 1.49. The maximum atomic E-state index is 13.2. The Morgan fingerprint density at radius 3 is 2.38 bits per heavy atom. The molecule has 1 N–H and O–H groups in total. The van der Waals surface area contributed by atoms with Crippen LogP contribution >= 0.6 is 0 Å². The third-order valence-corrected chi connectivity index (χ3v) is 6.05. The van der Waals surface area contributed by atoms with Gasteiger partial charge in [0.25, 0.3) is 0 Å². The second kappa shape index (κ2) is 6.91.